The highest BCUT2D eigenvalue weighted by atomic mass is 19.1. The van der Waals surface area contributed by atoms with Gasteiger partial charge in [-0.05, 0) is 116 Å². The Bertz CT molecular complexity index is 1930. The van der Waals surface area contributed by atoms with Crippen LogP contribution in [0.2, 0.25) is 0 Å². The second-order valence-electron chi connectivity index (χ2n) is 16.8. The van der Waals surface area contributed by atoms with Gasteiger partial charge in [0.05, 0.1) is 25.7 Å². The van der Waals surface area contributed by atoms with E-state index in [1.807, 2.05) is 6.92 Å². The highest BCUT2D eigenvalue weighted by molar-refractivity contribution is 6.06. The molecule has 6 atom stereocenters. The topological polar surface area (TPSA) is 123 Å². The zero-order chi connectivity index (χ0) is 37.9. The Balaban J connectivity index is 1.12. The maximum absolute atomic E-state index is 14.7. The third-order valence-electron chi connectivity index (χ3n) is 14.0. The Morgan fingerprint density at radius 2 is 1.77 bits per heavy atom. The van der Waals surface area contributed by atoms with E-state index >= 15 is 0 Å². The van der Waals surface area contributed by atoms with Crippen molar-refractivity contribution in [2.75, 3.05) is 20.3 Å². The maximum atomic E-state index is 14.7. The van der Waals surface area contributed by atoms with E-state index in [-0.39, 0.29) is 69.3 Å². The van der Waals surface area contributed by atoms with Crippen LogP contribution >= 0.6 is 0 Å². The van der Waals surface area contributed by atoms with Crippen molar-refractivity contribution < 1.29 is 38.1 Å². The van der Waals surface area contributed by atoms with Gasteiger partial charge in [0.1, 0.15) is 23.2 Å². The van der Waals surface area contributed by atoms with Gasteiger partial charge in [-0.2, -0.15) is 5.26 Å². The summed E-state index contributed by atoms with van der Waals surface area (Å²) in [6.45, 7) is 13.8. The van der Waals surface area contributed by atoms with Crippen molar-refractivity contribution in [1.82, 2.24) is 0 Å². The van der Waals surface area contributed by atoms with Gasteiger partial charge in [0.15, 0.2) is 5.76 Å². The highest BCUT2D eigenvalue weighted by Crippen LogP contribution is 2.75. The average Bonchev–Trinajstić information content (AvgIpc) is 3.12. The van der Waals surface area contributed by atoms with Crippen molar-refractivity contribution >= 4 is 23.8 Å². The van der Waals surface area contributed by atoms with E-state index in [1.54, 1.807) is 18.2 Å². The zero-order valence-electron chi connectivity index (χ0n) is 31.4. The SMILES string of the molecule is COC(=O)/C(C#N)=C/c1ccc(OCCCOC(=O)[C@]2(C)CC[C@]3(C)CC[C@]4(C)C5=CC=C6C(=CC(=O)C(O)=C6C)[C@]5(C)CC[C@@]4(C)[C@@H]3C2)cc1F. The number of allylic oxidation sites excluding steroid dienone is 7. The molecule has 9 heteroatoms. The molecule has 1 aromatic carbocycles. The number of rotatable bonds is 8. The molecule has 0 amide bonds. The number of esters is 2. The van der Waals surface area contributed by atoms with E-state index in [4.69, 9.17) is 14.7 Å². The quantitative estimate of drug-likeness (QED) is 0.123. The Hall–Kier alpha value is -4.45. The molecule has 5 aliphatic carbocycles. The van der Waals surface area contributed by atoms with Crippen LogP contribution in [0.5, 0.6) is 5.75 Å². The molecule has 0 unspecified atom stereocenters. The minimum Gasteiger partial charge on any atom is -0.504 e. The molecule has 1 N–H and O–H groups in total. The molecule has 0 aromatic heterocycles. The second-order valence-corrected chi connectivity index (χ2v) is 16.8. The van der Waals surface area contributed by atoms with Crippen molar-refractivity contribution in [2.45, 2.75) is 92.9 Å². The summed E-state index contributed by atoms with van der Waals surface area (Å²) in [5.74, 6) is -1.60. The second kappa shape index (κ2) is 13.2. The summed E-state index contributed by atoms with van der Waals surface area (Å²) in [7, 11) is 1.15. The maximum Gasteiger partial charge on any atom is 0.348 e. The molecular formula is C43H50FNO7. The third-order valence-corrected chi connectivity index (χ3v) is 14.0. The van der Waals surface area contributed by atoms with E-state index < -0.39 is 17.2 Å². The van der Waals surface area contributed by atoms with E-state index in [0.29, 0.717) is 17.9 Å². The van der Waals surface area contributed by atoms with Crippen molar-refractivity contribution in [2.24, 2.45) is 33.0 Å². The number of halogens is 1. The molecule has 0 bridgehead atoms. The number of ether oxygens (including phenoxy) is 3. The van der Waals surface area contributed by atoms with E-state index in [2.05, 4.69) is 51.5 Å². The molecule has 0 saturated heterocycles. The lowest BCUT2D eigenvalue weighted by molar-refractivity contribution is -0.182. The van der Waals surface area contributed by atoms with Gasteiger partial charge < -0.3 is 19.3 Å². The minimum atomic E-state index is -0.845. The Labute approximate surface area is 306 Å². The lowest BCUT2D eigenvalue weighted by atomic mass is 9.34. The first-order chi connectivity index (χ1) is 24.5. The summed E-state index contributed by atoms with van der Waals surface area (Å²) in [6, 6.07) is 5.86. The fraction of sp³-hybridized carbons (Fsp3) is 0.535. The number of fused-ring (bicyclic) bond motifs is 7. The number of aliphatic hydroxyl groups is 1. The monoisotopic (exact) mass is 711 g/mol. The molecule has 3 fully saturated rings. The normalized spacial score (nSPS) is 33.9. The summed E-state index contributed by atoms with van der Waals surface area (Å²) in [4.78, 5) is 38.3. The van der Waals surface area contributed by atoms with E-state index in [0.717, 1.165) is 69.3 Å². The number of carbonyl (C=O) groups is 3. The molecule has 0 aliphatic heterocycles. The van der Waals surface area contributed by atoms with Crippen molar-refractivity contribution in [3.8, 4) is 11.8 Å². The molecule has 6 rings (SSSR count). The Morgan fingerprint density at radius 3 is 2.46 bits per heavy atom. The predicted molar refractivity (Wildman–Crippen MR) is 194 cm³/mol. The largest absolute Gasteiger partial charge is 0.504 e. The third kappa shape index (κ3) is 5.83. The molecule has 3 saturated carbocycles. The molecule has 8 nitrogen and oxygen atoms in total. The summed E-state index contributed by atoms with van der Waals surface area (Å²) in [6.07, 6.45) is 14.0. The molecule has 0 heterocycles. The van der Waals surface area contributed by atoms with Crippen LogP contribution < -0.4 is 4.74 Å². The summed E-state index contributed by atoms with van der Waals surface area (Å²) in [5.41, 5.74) is 2.69. The number of aliphatic hydroxyl groups excluding tert-OH is 1. The molecule has 5 aliphatic rings. The average molecular weight is 712 g/mol. The Kier molecular flexibility index (Phi) is 9.47. The number of methoxy groups -OCH3 is 1. The number of carbonyl (C=O) groups excluding carboxylic acids is 3. The van der Waals surface area contributed by atoms with Crippen LogP contribution in [-0.2, 0) is 23.9 Å². The predicted octanol–water partition coefficient (Wildman–Crippen LogP) is 8.84. The fourth-order valence-corrected chi connectivity index (χ4v) is 10.3. The van der Waals surface area contributed by atoms with Gasteiger partial charge in [-0.15, -0.1) is 0 Å². The zero-order valence-corrected chi connectivity index (χ0v) is 31.4. The highest BCUT2D eigenvalue weighted by Gasteiger charge is 2.67. The number of hydrogen-bond donors (Lipinski definition) is 1. The fourth-order valence-electron chi connectivity index (χ4n) is 10.3. The molecule has 1 aromatic rings. The minimum absolute atomic E-state index is 0.0580. The van der Waals surface area contributed by atoms with E-state index in [1.165, 1.54) is 17.7 Å². The van der Waals surface area contributed by atoms with Crippen LogP contribution in [0.4, 0.5) is 4.39 Å². The first kappa shape index (κ1) is 37.3. The van der Waals surface area contributed by atoms with Crippen LogP contribution in [0.25, 0.3) is 6.08 Å². The van der Waals surface area contributed by atoms with E-state index in [9.17, 15) is 23.9 Å². The first-order valence-electron chi connectivity index (χ1n) is 18.4. The van der Waals surface area contributed by atoms with Crippen molar-refractivity contribution in [3.05, 3.63) is 81.4 Å². The number of benzene rings is 1. The lowest BCUT2D eigenvalue weighted by Crippen LogP contribution is -2.62. The van der Waals surface area contributed by atoms with Crippen LogP contribution in [0.15, 0.2) is 70.1 Å². The summed E-state index contributed by atoms with van der Waals surface area (Å²) in [5, 5.41) is 19.6. The summed E-state index contributed by atoms with van der Waals surface area (Å²) >= 11 is 0. The number of nitriles is 1. The van der Waals surface area contributed by atoms with Gasteiger partial charge in [0.2, 0.25) is 5.78 Å². The van der Waals surface area contributed by atoms with Gasteiger partial charge in [0.25, 0.3) is 0 Å². The molecular weight excluding hydrogens is 661 g/mol. The van der Waals surface area contributed by atoms with Crippen molar-refractivity contribution in [3.63, 3.8) is 0 Å². The van der Waals surface area contributed by atoms with Crippen LogP contribution in [-0.4, -0.2) is 43.2 Å². The molecule has 0 radical (unpaired) electrons. The summed E-state index contributed by atoms with van der Waals surface area (Å²) < 4.78 is 30.8. The number of hydrogen-bond acceptors (Lipinski definition) is 8. The standard InChI is InChI=1S/C43H50FNO7/c1-26-30-11-12-34-41(4,31(30)23-33(46)36(26)47)16-18-43(6)35-24-40(3,14-13-39(35,2)15-17-42(34,43)5)38(49)52-20-8-19-51-29-10-9-27(32(44)22-29)21-28(25-45)37(48)50-7/h9-12,21-23,35,47H,8,13-20,24H2,1-7H3/b28-21+/t35-,39-,40-,41+,42-,43+/m1/s1. The van der Waals surface area contributed by atoms with Gasteiger partial charge in [0, 0.05) is 29.0 Å². The lowest BCUT2D eigenvalue weighted by Gasteiger charge is -2.70. The smallest absolute Gasteiger partial charge is 0.348 e. The molecule has 52 heavy (non-hydrogen) atoms. The van der Waals surface area contributed by atoms with Crippen LogP contribution in [0.3, 0.4) is 0 Å². The first-order valence-corrected chi connectivity index (χ1v) is 18.4. The van der Waals surface area contributed by atoms with Gasteiger partial charge in [-0.25, -0.2) is 9.18 Å². The van der Waals surface area contributed by atoms with Gasteiger partial charge in [-0.1, -0.05) is 45.4 Å². The van der Waals surface area contributed by atoms with Gasteiger partial charge >= 0.3 is 11.9 Å². The van der Waals surface area contributed by atoms with Crippen LogP contribution in [0.1, 0.15) is 98.5 Å². The van der Waals surface area contributed by atoms with Gasteiger partial charge in [-0.3, -0.25) is 9.59 Å². The molecule has 0 spiro atoms. The van der Waals surface area contributed by atoms with Crippen molar-refractivity contribution in [1.29, 1.82) is 5.26 Å². The number of ketones is 1. The molecule has 276 valence electrons. The van der Waals surface area contributed by atoms with Crippen LogP contribution in [0, 0.1) is 50.1 Å². The Morgan fingerprint density at radius 1 is 1.04 bits per heavy atom. The number of nitrogens with zero attached hydrogens (tertiary/aromatic N) is 1.